The van der Waals surface area contributed by atoms with Crippen LogP contribution in [-0.4, -0.2) is 28.5 Å². The van der Waals surface area contributed by atoms with Crippen LogP contribution >= 0.6 is 11.3 Å². The molecule has 5 rings (SSSR count). The molecule has 1 N–H and O–H groups in total. The number of fused-ring (bicyclic) bond motifs is 1. The van der Waals surface area contributed by atoms with Gasteiger partial charge in [-0.1, -0.05) is 35.9 Å². The normalized spacial score (nSPS) is 14.5. The number of piperidine rings is 1. The number of aryl methyl sites for hydroxylation is 1. The van der Waals surface area contributed by atoms with Crippen LogP contribution in [0.3, 0.4) is 0 Å². The third-order valence-corrected chi connectivity index (χ3v) is 7.21. The zero-order valence-electron chi connectivity index (χ0n) is 18.8. The Labute approximate surface area is 200 Å². The number of hydrogen-bond acceptors (Lipinski definition) is 5. The Bertz CT molecular complexity index is 1390. The summed E-state index contributed by atoms with van der Waals surface area (Å²) in [5, 5.41) is 4.75. The van der Waals surface area contributed by atoms with E-state index in [1.165, 1.54) is 17.4 Å². The van der Waals surface area contributed by atoms with Gasteiger partial charge in [-0.2, -0.15) is 0 Å². The van der Waals surface area contributed by atoms with Crippen molar-refractivity contribution in [1.82, 2.24) is 14.9 Å². The predicted molar refractivity (Wildman–Crippen MR) is 133 cm³/mol. The number of thiophene rings is 1. The van der Waals surface area contributed by atoms with Crippen LogP contribution in [0.2, 0.25) is 0 Å². The molecule has 1 aliphatic heterocycles. The zero-order chi connectivity index (χ0) is 23.7. The van der Waals surface area contributed by atoms with Crippen molar-refractivity contribution in [3.63, 3.8) is 0 Å². The van der Waals surface area contributed by atoms with Gasteiger partial charge in [-0.3, -0.25) is 9.59 Å². The van der Waals surface area contributed by atoms with E-state index in [0.29, 0.717) is 47.7 Å². The first-order valence-corrected chi connectivity index (χ1v) is 12.2. The lowest BCUT2D eigenvalue weighted by Gasteiger charge is -2.33. The van der Waals surface area contributed by atoms with Gasteiger partial charge in [-0.05, 0) is 49.4 Å². The van der Waals surface area contributed by atoms with E-state index in [4.69, 9.17) is 4.98 Å². The maximum atomic E-state index is 13.8. The minimum Gasteiger partial charge on any atom is -0.352 e. The molecule has 34 heavy (non-hydrogen) atoms. The monoisotopic (exact) mass is 476 g/mol. The molecule has 4 aromatic rings. The molecule has 0 spiro atoms. The van der Waals surface area contributed by atoms with Crippen molar-refractivity contribution < 1.29 is 9.18 Å². The largest absolute Gasteiger partial charge is 0.352 e. The van der Waals surface area contributed by atoms with Crippen LogP contribution in [0.25, 0.3) is 15.9 Å². The average Bonchev–Trinajstić information content (AvgIpc) is 3.33. The van der Waals surface area contributed by atoms with Gasteiger partial charge in [-0.15, -0.1) is 11.3 Å². The minimum atomic E-state index is -0.318. The lowest BCUT2D eigenvalue weighted by atomic mass is 9.96. The van der Waals surface area contributed by atoms with Crippen molar-refractivity contribution in [3.05, 3.63) is 87.3 Å². The van der Waals surface area contributed by atoms with Gasteiger partial charge in [0.2, 0.25) is 11.9 Å². The first-order chi connectivity index (χ1) is 16.5. The topological polar surface area (TPSA) is 67.2 Å². The SMILES string of the molecule is Cc1ccc(-n2c(N3CCC(C(=O)NCc4ccccc4F)CC3)nc3ccsc3c2=O)cc1. The Morgan fingerprint density at radius 1 is 1.12 bits per heavy atom. The molecule has 2 aromatic heterocycles. The summed E-state index contributed by atoms with van der Waals surface area (Å²) in [4.78, 5) is 33.0. The van der Waals surface area contributed by atoms with E-state index in [-0.39, 0.29) is 29.7 Å². The maximum Gasteiger partial charge on any atom is 0.277 e. The van der Waals surface area contributed by atoms with E-state index < -0.39 is 0 Å². The Morgan fingerprint density at radius 3 is 2.59 bits per heavy atom. The van der Waals surface area contributed by atoms with Crippen LogP contribution in [-0.2, 0) is 11.3 Å². The number of rotatable bonds is 5. The Balaban J connectivity index is 1.35. The number of carbonyl (C=O) groups excluding carboxylic acids is 1. The second kappa shape index (κ2) is 9.38. The first kappa shape index (κ1) is 22.3. The molecule has 0 unspecified atom stereocenters. The van der Waals surface area contributed by atoms with Crippen molar-refractivity contribution in [2.45, 2.75) is 26.3 Å². The highest BCUT2D eigenvalue weighted by Gasteiger charge is 2.28. The third-order valence-electron chi connectivity index (χ3n) is 6.31. The van der Waals surface area contributed by atoms with Crippen LogP contribution in [0.4, 0.5) is 10.3 Å². The molecule has 174 valence electrons. The molecule has 2 aromatic carbocycles. The maximum absolute atomic E-state index is 13.8. The standard InChI is InChI=1S/C26H25FN4O2S/c1-17-6-8-20(9-7-17)31-25(33)23-22(12-15-34-23)29-26(31)30-13-10-18(11-14-30)24(32)28-16-19-4-2-3-5-21(19)27/h2-9,12,15,18H,10-11,13-14,16H2,1H3,(H,28,32). The van der Waals surface area contributed by atoms with Gasteiger partial charge in [-0.25, -0.2) is 13.9 Å². The first-order valence-electron chi connectivity index (χ1n) is 11.3. The molecular formula is C26H25FN4O2S. The number of carbonyl (C=O) groups is 1. The molecule has 0 aliphatic carbocycles. The average molecular weight is 477 g/mol. The fraction of sp³-hybridized carbons (Fsp3) is 0.269. The van der Waals surface area contributed by atoms with Crippen molar-refractivity contribution in [1.29, 1.82) is 0 Å². The molecule has 0 atom stereocenters. The second-order valence-electron chi connectivity index (χ2n) is 8.59. The van der Waals surface area contributed by atoms with Crippen LogP contribution in [0, 0.1) is 18.7 Å². The summed E-state index contributed by atoms with van der Waals surface area (Å²) in [6.45, 7) is 3.39. The smallest absolute Gasteiger partial charge is 0.277 e. The van der Waals surface area contributed by atoms with Gasteiger partial charge < -0.3 is 10.2 Å². The third kappa shape index (κ3) is 4.33. The highest BCUT2D eigenvalue weighted by atomic mass is 32.1. The highest BCUT2D eigenvalue weighted by molar-refractivity contribution is 7.17. The molecular weight excluding hydrogens is 451 g/mol. The van der Waals surface area contributed by atoms with Gasteiger partial charge in [0, 0.05) is 31.1 Å². The lowest BCUT2D eigenvalue weighted by Crippen LogP contribution is -2.42. The van der Waals surface area contributed by atoms with Crippen LogP contribution < -0.4 is 15.8 Å². The van der Waals surface area contributed by atoms with Gasteiger partial charge in [0.15, 0.2) is 0 Å². The number of anilines is 1. The molecule has 8 heteroatoms. The minimum absolute atomic E-state index is 0.0694. The van der Waals surface area contributed by atoms with Crippen LogP contribution in [0.1, 0.15) is 24.0 Å². The quantitative estimate of drug-likeness (QED) is 0.463. The van der Waals surface area contributed by atoms with Crippen molar-refractivity contribution in [2.24, 2.45) is 5.92 Å². The van der Waals surface area contributed by atoms with Gasteiger partial charge in [0.25, 0.3) is 5.56 Å². The highest BCUT2D eigenvalue weighted by Crippen LogP contribution is 2.26. The van der Waals surface area contributed by atoms with E-state index in [9.17, 15) is 14.0 Å². The Hall–Kier alpha value is -3.52. The lowest BCUT2D eigenvalue weighted by molar-refractivity contribution is -0.125. The molecule has 3 heterocycles. The fourth-order valence-electron chi connectivity index (χ4n) is 4.35. The van der Waals surface area contributed by atoms with Crippen molar-refractivity contribution >= 4 is 33.4 Å². The summed E-state index contributed by atoms with van der Waals surface area (Å²) in [7, 11) is 0. The van der Waals surface area contributed by atoms with E-state index in [0.717, 1.165) is 11.3 Å². The molecule has 0 radical (unpaired) electrons. The predicted octanol–water partition coefficient (Wildman–Crippen LogP) is 4.43. The fourth-order valence-corrected chi connectivity index (χ4v) is 5.11. The number of aromatic nitrogens is 2. The number of nitrogens with one attached hydrogen (secondary N) is 1. The van der Waals surface area contributed by atoms with Crippen molar-refractivity contribution in [2.75, 3.05) is 18.0 Å². The molecule has 1 amide bonds. The van der Waals surface area contributed by atoms with E-state index in [2.05, 4.69) is 10.2 Å². The molecule has 6 nitrogen and oxygen atoms in total. The summed E-state index contributed by atoms with van der Waals surface area (Å²) in [5.41, 5.74) is 2.98. The van der Waals surface area contributed by atoms with Crippen molar-refractivity contribution in [3.8, 4) is 5.69 Å². The van der Waals surface area contributed by atoms with Gasteiger partial charge >= 0.3 is 0 Å². The Kier molecular flexibility index (Phi) is 6.15. The molecule has 0 saturated carbocycles. The summed E-state index contributed by atoms with van der Waals surface area (Å²) in [6, 6.07) is 16.2. The molecule has 1 saturated heterocycles. The summed E-state index contributed by atoms with van der Waals surface area (Å²) < 4.78 is 16.2. The molecule has 1 fully saturated rings. The van der Waals surface area contributed by atoms with Crippen LogP contribution in [0.5, 0.6) is 0 Å². The number of nitrogens with zero attached hydrogens (tertiary/aromatic N) is 3. The van der Waals surface area contributed by atoms with E-state index in [1.807, 2.05) is 42.6 Å². The van der Waals surface area contributed by atoms with Crippen LogP contribution in [0.15, 0.2) is 64.8 Å². The number of amides is 1. The van der Waals surface area contributed by atoms with Gasteiger partial charge in [0.1, 0.15) is 10.5 Å². The van der Waals surface area contributed by atoms with Gasteiger partial charge in [0.05, 0.1) is 11.2 Å². The Morgan fingerprint density at radius 2 is 1.85 bits per heavy atom. The number of halogens is 1. The summed E-state index contributed by atoms with van der Waals surface area (Å²) in [6.07, 6.45) is 1.27. The summed E-state index contributed by atoms with van der Waals surface area (Å²) >= 11 is 1.40. The second-order valence-corrected chi connectivity index (χ2v) is 9.51. The van der Waals surface area contributed by atoms with E-state index in [1.54, 1.807) is 22.8 Å². The zero-order valence-corrected chi connectivity index (χ0v) is 19.6. The number of benzene rings is 2. The molecule has 1 aliphatic rings. The molecule has 0 bridgehead atoms. The number of hydrogen-bond donors (Lipinski definition) is 1. The van der Waals surface area contributed by atoms with E-state index >= 15 is 0 Å². The summed E-state index contributed by atoms with van der Waals surface area (Å²) in [5.74, 6) is 0.0547.